The highest BCUT2D eigenvalue weighted by Gasteiger charge is 2.15. The average Bonchev–Trinajstić information content (AvgIpc) is 2.30. The van der Waals surface area contributed by atoms with Gasteiger partial charge in [0.15, 0.2) is 5.75 Å². The number of hydrogen-bond acceptors (Lipinski definition) is 6. The highest BCUT2D eigenvalue weighted by atomic mass is 16.6. The number of carbonyl (C=O) groups excluding carboxylic acids is 2. The SMILES string of the molecule is COC(=O)Nc1cc([N+](=O)[O-])ccc1OC(C)=O. The first-order chi connectivity index (χ1) is 8.43. The summed E-state index contributed by atoms with van der Waals surface area (Å²) in [6.45, 7) is 1.17. The number of methoxy groups -OCH3 is 1. The Morgan fingerprint density at radius 2 is 2.06 bits per heavy atom. The van der Waals surface area contributed by atoms with E-state index in [0.29, 0.717) is 0 Å². The summed E-state index contributed by atoms with van der Waals surface area (Å²) in [7, 11) is 1.14. The van der Waals surface area contributed by atoms with Gasteiger partial charge in [-0.3, -0.25) is 20.2 Å². The van der Waals surface area contributed by atoms with Gasteiger partial charge in [-0.1, -0.05) is 0 Å². The number of nitrogens with one attached hydrogen (secondary N) is 1. The Morgan fingerprint density at radius 1 is 1.39 bits per heavy atom. The Hall–Kier alpha value is -2.64. The summed E-state index contributed by atoms with van der Waals surface area (Å²) in [5, 5.41) is 12.8. The number of nitrogens with zero attached hydrogens (tertiary/aromatic N) is 1. The van der Waals surface area contributed by atoms with Crippen LogP contribution in [0.3, 0.4) is 0 Å². The van der Waals surface area contributed by atoms with E-state index < -0.39 is 17.0 Å². The van der Waals surface area contributed by atoms with Gasteiger partial charge in [0.25, 0.3) is 5.69 Å². The zero-order valence-corrected chi connectivity index (χ0v) is 9.63. The number of ether oxygens (including phenoxy) is 2. The monoisotopic (exact) mass is 254 g/mol. The molecule has 1 amide bonds. The average molecular weight is 254 g/mol. The molecular weight excluding hydrogens is 244 g/mol. The lowest BCUT2D eigenvalue weighted by Gasteiger charge is -2.09. The van der Waals surface area contributed by atoms with E-state index in [1.807, 2.05) is 0 Å². The second-order valence-electron chi connectivity index (χ2n) is 3.15. The lowest BCUT2D eigenvalue weighted by Crippen LogP contribution is -2.13. The minimum atomic E-state index is -0.830. The maximum atomic E-state index is 11.1. The van der Waals surface area contributed by atoms with Crippen molar-refractivity contribution < 1.29 is 24.0 Å². The zero-order chi connectivity index (χ0) is 13.7. The standard InChI is InChI=1S/C10H10N2O6/c1-6(13)18-9-4-3-7(12(15)16)5-8(9)11-10(14)17-2/h3-5H,1-2H3,(H,11,14). The number of anilines is 1. The van der Waals surface area contributed by atoms with Crippen LogP contribution in [0.1, 0.15) is 6.92 Å². The van der Waals surface area contributed by atoms with Crippen molar-refractivity contribution in [3.63, 3.8) is 0 Å². The molecule has 0 saturated carbocycles. The first kappa shape index (κ1) is 13.4. The molecule has 0 aliphatic carbocycles. The molecule has 0 aromatic heterocycles. The highest BCUT2D eigenvalue weighted by molar-refractivity contribution is 5.88. The lowest BCUT2D eigenvalue weighted by atomic mass is 10.2. The molecule has 1 aromatic carbocycles. The first-order valence-corrected chi connectivity index (χ1v) is 4.76. The molecule has 0 atom stereocenters. The number of hydrogen-bond donors (Lipinski definition) is 1. The van der Waals surface area contributed by atoms with Crippen LogP contribution >= 0.6 is 0 Å². The van der Waals surface area contributed by atoms with Crippen LogP contribution in [0.15, 0.2) is 18.2 Å². The van der Waals surface area contributed by atoms with Gasteiger partial charge in [-0.2, -0.15) is 0 Å². The maximum Gasteiger partial charge on any atom is 0.411 e. The largest absolute Gasteiger partial charge is 0.453 e. The molecule has 0 fully saturated rings. The number of nitro benzene ring substituents is 1. The molecule has 0 aliphatic rings. The van der Waals surface area contributed by atoms with Crippen LogP contribution in [-0.2, 0) is 9.53 Å². The van der Waals surface area contributed by atoms with E-state index in [1.165, 1.54) is 13.0 Å². The molecule has 0 saturated heterocycles. The fourth-order valence-corrected chi connectivity index (χ4v) is 1.13. The number of rotatable bonds is 3. The quantitative estimate of drug-likeness (QED) is 0.380. The van der Waals surface area contributed by atoms with Gasteiger partial charge in [-0.25, -0.2) is 4.79 Å². The van der Waals surface area contributed by atoms with Gasteiger partial charge in [0.1, 0.15) is 0 Å². The normalized spacial score (nSPS) is 9.44. The van der Waals surface area contributed by atoms with E-state index in [2.05, 4.69) is 10.1 Å². The fraction of sp³-hybridized carbons (Fsp3) is 0.200. The van der Waals surface area contributed by atoms with E-state index in [9.17, 15) is 19.7 Å². The number of carbonyl (C=O) groups is 2. The van der Waals surface area contributed by atoms with Gasteiger partial charge in [0.05, 0.1) is 17.7 Å². The number of benzene rings is 1. The summed E-state index contributed by atoms with van der Waals surface area (Å²) in [5.74, 6) is -0.615. The van der Waals surface area contributed by atoms with E-state index >= 15 is 0 Å². The summed E-state index contributed by atoms with van der Waals surface area (Å²) in [6.07, 6.45) is -0.830. The minimum Gasteiger partial charge on any atom is -0.453 e. The van der Waals surface area contributed by atoms with Crippen molar-refractivity contribution in [3.05, 3.63) is 28.3 Å². The Morgan fingerprint density at radius 3 is 2.56 bits per heavy atom. The van der Waals surface area contributed by atoms with Crippen molar-refractivity contribution in [2.75, 3.05) is 12.4 Å². The molecule has 1 N–H and O–H groups in total. The van der Waals surface area contributed by atoms with Gasteiger partial charge in [0, 0.05) is 19.1 Å². The zero-order valence-electron chi connectivity index (χ0n) is 9.63. The van der Waals surface area contributed by atoms with Gasteiger partial charge < -0.3 is 9.47 Å². The van der Waals surface area contributed by atoms with Crippen LogP contribution in [0.4, 0.5) is 16.2 Å². The number of esters is 1. The van der Waals surface area contributed by atoms with Crippen LogP contribution in [0, 0.1) is 10.1 Å². The van der Waals surface area contributed by atoms with E-state index in [1.54, 1.807) is 0 Å². The van der Waals surface area contributed by atoms with E-state index in [-0.39, 0.29) is 17.1 Å². The Kier molecular flexibility index (Phi) is 4.19. The lowest BCUT2D eigenvalue weighted by molar-refractivity contribution is -0.384. The van der Waals surface area contributed by atoms with Gasteiger partial charge in [-0.05, 0) is 6.07 Å². The second kappa shape index (κ2) is 5.62. The van der Waals surface area contributed by atoms with Gasteiger partial charge in [-0.15, -0.1) is 0 Å². The van der Waals surface area contributed by atoms with Crippen LogP contribution in [0.25, 0.3) is 0 Å². The Bertz CT molecular complexity index is 499. The highest BCUT2D eigenvalue weighted by Crippen LogP contribution is 2.29. The fourth-order valence-electron chi connectivity index (χ4n) is 1.13. The van der Waals surface area contributed by atoms with E-state index in [0.717, 1.165) is 19.2 Å². The Labute approximate surface area is 102 Å². The summed E-state index contributed by atoms with van der Waals surface area (Å²) < 4.78 is 9.15. The molecule has 96 valence electrons. The summed E-state index contributed by atoms with van der Waals surface area (Å²) in [6, 6.07) is 3.43. The molecule has 0 aliphatic heterocycles. The molecule has 18 heavy (non-hydrogen) atoms. The molecule has 0 heterocycles. The third kappa shape index (κ3) is 3.44. The van der Waals surface area contributed by atoms with Crippen molar-refractivity contribution in [2.24, 2.45) is 0 Å². The molecule has 8 heteroatoms. The maximum absolute atomic E-state index is 11.1. The predicted molar refractivity (Wildman–Crippen MR) is 60.4 cm³/mol. The van der Waals surface area contributed by atoms with Crippen molar-refractivity contribution in [3.8, 4) is 5.75 Å². The van der Waals surface area contributed by atoms with Crippen LogP contribution in [0.5, 0.6) is 5.75 Å². The van der Waals surface area contributed by atoms with Crippen molar-refractivity contribution >= 4 is 23.4 Å². The summed E-state index contributed by atoms with van der Waals surface area (Å²) in [4.78, 5) is 31.9. The van der Waals surface area contributed by atoms with E-state index in [4.69, 9.17) is 4.74 Å². The Balaban J connectivity index is 3.12. The van der Waals surface area contributed by atoms with Gasteiger partial charge in [0.2, 0.25) is 0 Å². The smallest absolute Gasteiger partial charge is 0.411 e. The van der Waals surface area contributed by atoms with Crippen LogP contribution < -0.4 is 10.1 Å². The number of non-ortho nitro benzene ring substituents is 1. The van der Waals surface area contributed by atoms with Crippen molar-refractivity contribution in [2.45, 2.75) is 6.92 Å². The molecule has 0 bridgehead atoms. The third-order valence-corrected chi connectivity index (χ3v) is 1.85. The minimum absolute atomic E-state index is 0.00139. The topological polar surface area (TPSA) is 108 Å². The van der Waals surface area contributed by atoms with Crippen LogP contribution in [-0.4, -0.2) is 24.1 Å². The molecule has 8 nitrogen and oxygen atoms in total. The molecule has 1 rings (SSSR count). The molecule has 0 spiro atoms. The molecule has 0 radical (unpaired) electrons. The first-order valence-electron chi connectivity index (χ1n) is 4.76. The third-order valence-electron chi connectivity index (χ3n) is 1.85. The summed E-state index contributed by atoms with van der Waals surface area (Å²) in [5.41, 5.74) is -0.274. The number of amides is 1. The number of nitro groups is 1. The predicted octanol–water partition coefficient (Wildman–Crippen LogP) is 1.70. The second-order valence-corrected chi connectivity index (χ2v) is 3.15. The molecule has 1 aromatic rings. The van der Waals surface area contributed by atoms with Crippen molar-refractivity contribution in [1.29, 1.82) is 0 Å². The summed E-state index contributed by atoms with van der Waals surface area (Å²) >= 11 is 0. The van der Waals surface area contributed by atoms with Gasteiger partial charge >= 0.3 is 12.1 Å². The van der Waals surface area contributed by atoms with Crippen molar-refractivity contribution in [1.82, 2.24) is 0 Å². The molecule has 0 unspecified atom stereocenters. The molecular formula is C10H10N2O6. The van der Waals surface area contributed by atoms with Crippen LogP contribution in [0.2, 0.25) is 0 Å².